The lowest BCUT2D eigenvalue weighted by Gasteiger charge is -2.09. The fraction of sp³-hybridized carbons (Fsp3) is 0.769. The molecule has 15 heavy (non-hydrogen) atoms. The first-order valence-electron chi connectivity index (χ1n) is 6.12. The smallest absolute Gasteiger partial charge is 0.220 e. The largest absolute Gasteiger partial charge is 0.369 e. The molecule has 0 aromatic rings. The van der Waals surface area contributed by atoms with Crippen molar-refractivity contribution in [1.82, 2.24) is 0 Å². The van der Waals surface area contributed by atoms with Crippen molar-refractivity contribution < 1.29 is 4.79 Å². The molecule has 0 aliphatic rings. The van der Waals surface area contributed by atoms with Gasteiger partial charge in [-0.15, -0.1) is 6.58 Å². The maximum absolute atomic E-state index is 10.9. The fourth-order valence-electron chi connectivity index (χ4n) is 1.76. The Morgan fingerprint density at radius 1 is 1.27 bits per heavy atom. The number of hydrogen-bond donors (Lipinski definition) is 1. The number of amides is 1. The van der Waals surface area contributed by atoms with E-state index in [0.717, 1.165) is 25.7 Å². The Morgan fingerprint density at radius 2 is 1.87 bits per heavy atom. The van der Waals surface area contributed by atoms with Gasteiger partial charge >= 0.3 is 0 Å². The van der Waals surface area contributed by atoms with Gasteiger partial charge in [-0.1, -0.05) is 38.7 Å². The van der Waals surface area contributed by atoms with Crippen LogP contribution in [0.4, 0.5) is 0 Å². The minimum absolute atomic E-state index is 0.0955. The first-order chi connectivity index (χ1) is 7.22. The van der Waals surface area contributed by atoms with Gasteiger partial charge in [0.1, 0.15) is 0 Å². The van der Waals surface area contributed by atoms with Crippen molar-refractivity contribution in [2.45, 2.75) is 58.3 Å². The maximum Gasteiger partial charge on any atom is 0.220 e. The molecule has 0 spiro atoms. The summed E-state index contributed by atoms with van der Waals surface area (Å²) in [5.74, 6) is -0.0395. The average molecular weight is 211 g/mol. The summed E-state index contributed by atoms with van der Waals surface area (Å²) in [7, 11) is 0. The number of unbranched alkanes of at least 4 members (excludes halogenated alkanes) is 5. The molecule has 0 bridgehead atoms. The molecule has 0 fully saturated rings. The van der Waals surface area contributed by atoms with E-state index >= 15 is 0 Å². The average Bonchev–Trinajstić information content (AvgIpc) is 2.21. The molecule has 1 unspecified atom stereocenters. The van der Waals surface area contributed by atoms with Crippen molar-refractivity contribution >= 4 is 5.91 Å². The quantitative estimate of drug-likeness (QED) is 0.436. The van der Waals surface area contributed by atoms with E-state index in [1.807, 2.05) is 13.0 Å². The highest BCUT2D eigenvalue weighted by molar-refractivity contribution is 5.76. The molecule has 88 valence electrons. The van der Waals surface area contributed by atoms with E-state index in [1.54, 1.807) is 0 Å². The molecule has 2 heteroatoms. The Bertz CT molecular complexity index is 177. The van der Waals surface area contributed by atoms with Crippen molar-refractivity contribution in [3.63, 3.8) is 0 Å². The standard InChI is InChI=1S/C13H25NO/c1-3-5-6-7-8-9-10-11-12(4-2)13(14)15/h3,12H,1,4-11H2,2H3,(H2,14,15). The summed E-state index contributed by atoms with van der Waals surface area (Å²) in [5.41, 5.74) is 5.28. The van der Waals surface area contributed by atoms with Crippen LogP contribution in [-0.2, 0) is 4.79 Å². The summed E-state index contributed by atoms with van der Waals surface area (Å²) < 4.78 is 0. The summed E-state index contributed by atoms with van der Waals surface area (Å²) in [6.07, 6.45) is 11.1. The zero-order valence-corrected chi connectivity index (χ0v) is 10.0. The van der Waals surface area contributed by atoms with Crippen molar-refractivity contribution in [3.8, 4) is 0 Å². The summed E-state index contributed by atoms with van der Waals surface area (Å²) in [4.78, 5) is 10.9. The molecule has 2 N–H and O–H groups in total. The first kappa shape index (κ1) is 14.2. The van der Waals surface area contributed by atoms with Crippen LogP contribution in [0, 0.1) is 5.92 Å². The third-order valence-electron chi connectivity index (χ3n) is 2.86. The Balaban J connectivity index is 3.29. The zero-order valence-electron chi connectivity index (χ0n) is 10.0. The number of nitrogens with two attached hydrogens (primary N) is 1. The van der Waals surface area contributed by atoms with Gasteiger partial charge < -0.3 is 5.73 Å². The van der Waals surface area contributed by atoms with Crippen molar-refractivity contribution in [1.29, 1.82) is 0 Å². The molecule has 2 nitrogen and oxygen atoms in total. The molecule has 0 saturated carbocycles. The Kier molecular flexibility index (Phi) is 9.24. The Morgan fingerprint density at radius 3 is 2.40 bits per heavy atom. The maximum atomic E-state index is 10.9. The zero-order chi connectivity index (χ0) is 11.5. The molecule has 1 atom stereocenters. The monoisotopic (exact) mass is 211 g/mol. The second kappa shape index (κ2) is 9.75. The van der Waals surface area contributed by atoms with E-state index in [4.69, 9.17) is 5.73 Å². The van der Waals surface area contributed by atoms with Gasteiger partial charge in [0.15, 0.2) is 0 Å². The predicted octanol–water partition coefficient (Wildman–Crippen LogP) is 3.41. The molecule has 0 rings (SSSR count). The van der Waals surface area contributed by atoms with Crippen LogP contribution in [-0.4, -0.2) is 5.91 Å². The first-order valence-corrected chi connectivity index (χ1v) is 6.12. The molecule has 0 aliphatic carbocycles. The van der Waals surface area contributed by atoms with Gasteiger partial charge in [-0.05, 0) is 25.7 Å². The highest BCUT2D eigenvalue weighted by Crippen LogP contribution is 2.14. The number of hydrogen-bond acceptors (Lipinski definition) is 1. The number of carbonyl (C=O) groups excluding carboxylic acids is 1. The van der Waals surface area contributed by atoms with Gasteiger partial charge in [0, 0.05) is 5.92 Å². The van der Waals surface area contributed by atoms with Crippen molar-refractivity contribution in [2.75, 3.05) is 0 Å². The van der Waals surface area contributed by atoms with Gasteiger partial charge in [0.25, 0.3) is 0 Å². The topological polar surface area (TPSA) is 43.1 Å². The highest BCUT2D eigenvalue weighted by Gasteiger charge is 2.11. The van der Waals surface area contributed by atoms with Crippen LogP contribution in [0.5, 0.6) is 0 Å². The minimum Gasteiger partial charge on any atom is -0.369 e. The van der Waals surface area contributed by atoms with Crippen LogP contribution >= 0.6 is 0 Å². The van der Waals surface area contributed by atoms with Crippen LogP contribution in [0.1, 0.15) is 58.3 Å². The highest BCUT2D eigenvalue weighted by atomic mass is 16.1. The number of primary amides is 1. The van der Waals surface area contributed by atoms with E-state index in [1.165, 1.54) is 25.7 Å². The summed E-state index contributed by atoms with van der Waals surface area (Å²) >= 11 is 0. The lowest BCUT2D eigenvalue weighted by molar-refractivity contribution is -0.122. The summed E-state index contributed by atoms with van der Waals surface area (Å²) in [6.45, 7) is 5.72. The van der Waals surface area contributed by atoms with Gasteiger partial charge in [-0.2, -0.15) is 0 Å². The molecule has 0 heterocycles. The van der Waals surface area contributed by atoms with Crippen LogP contribution in [0.25, 0.3) is 0 Å². The lowest BCUT2D eigenvalue weighted by Crippen LogP contribution is -2.22. The molecule has 0 saturated heterocycles. The molecule has 0 aromatic carbocycles. The Labute approximate surface area is 93.9 Å². The van der Waals surface area contributed by atoms with Gasteiger partial charge in [0.05, 0.1) is 0 Å². The van der Waals surface area contributed by atoms with E-state index in [2.05, 4.69) is 6.58 Å². The van der Waals surface area contributed by atoms with Gasteiger partial charge in [0.2, 0.25) is 5.91 Å². The van der Waals surface area contributed by atoms with Crippen LogP contribution in [0.2, 0.25) is 0 Å². The second-order valence-electron chi connectivity index (χ2n) is 4.14. The summed E-state index contributed by atoms with van der Waals surface area (Å²) in [5, 5.41) is 0. The third kappa shape index (κ3) is 8.22. The Hall–Kier alpha value is -0.790. The predicted molar refractivity (Wildman–Crippen MR) is 65.5 cm³/mol. The SMILES string of the molecule is C=CCCCCCCCC(CC)C(N)=O. The normalized spacial score (nSPS) is 12.3. The van der Waals surface area contributed by atoms with E-state index < -0.39 is 0 Å². The van der Waals surface area contributed by atoms with Crippen molar-refractivity contribution in [2.24, 2.45) is 11.7 Å². The van der Waals surface area contributed by atoms with E-state index in [0.29, 0.717) is 0 Å². The molecular formula is C13H25NO. The molecular weight excluding hydrogens is 186 g/mol. The van der Waals surface area contributed by atoms with Crippen LogP contribution in [0.15, 0.2) is 12.7 Å². The minimum atomic E-state index is -0.135. The number of allylic oxidation sites excluding steroid dienone is 1. The molecule has 0 aromatic heterocycles. The lowest BCUT2D eigenvalue weighted by atomic mass is 9.97. The second-order valence-corrected chi connectivity index (χ2v) is 4.14. The number of carbonyl (C=O) groups is 1. The van der Waals surface area contributed by atoms with Crippen molar-refractivity contribution in [3.05, 3.63) is 12.7 Å². The third-order valence-corrected chi connectivity index (χ3v) is 2.86. The van der Waals surface area contributed by atoms with Crippen LogP contribution < -0.4 is 5.73 Å². The van der Waals surface area contributed by atoms with E-state index in [-0.39, 0.29) is 11.8 Å². The summed E-state index contributed by atoms with van der Waals surface area (Å²) in [6, 6.07) is 0. The molecule has 0 aliphatic heterocycles. The van der Waals surface area contributed by atoms with Crippen LogP contribution in [0.3, 0.4) is 0 Å². The number of rotatable bonds is 10. The fourth-order valence-corrected chi connectivity index (χ4v) is 1.76. The molecule has 1 amide bonds. The van der Waals surface area contributed by atoms with Gasteiger partial charge in [-0.25, -0.2) is 0 Å². The van der Waals surface area contributed by atoms with E-state index in [9.17, 15) is 4.79 Å². The molecule has 0 radical (unpaired) electrons. The van der Waals surface area contributed by atoms with Gasteiger partial charge in [-0.3, -0.25) is 4.79 Å².